The minimum Gasteiger partial charge on any atom is -0.364 e. The lowest BCUT2D eigenvalue weighted by Gasteiger charge is -2.09. The van der Waals surface area contributed by atoms with Crippen molar-refractivity contribution < 1.29 is 4.79 Å². The van der Waals surface area contributed by atoms with Crippen molar-refractivity contribution in [2.45, 2.75) is 19.9 Å². The van der Waals surface area contributed by atoms with Gasteiger partial charge in [0, 0.05) is 19.2 Å². The van der Waals surface area contributed by atoms with E-state index < -0.39 is 0 Å². The number of nitrogens with zero attached hydrogens (tertiary/aromatic N) is 2. The lowest BCUT2D eigenvalue weighted by atomic mass is 10.1. The standard InChI is InChI=1S/C14H17N5O2S/c1-3-6-19-8-16-11-7-9(4-5-10(11)13(19)21)12(20)17-18-14(22)15-2/h4-5,7-8H,3,6H2,1-2H3,(H,17,20)(H2,15,18,22). The minimum absolute atomic E-state index is 0.103. The van der Waals surface area contributed by atoms with Gasteiger partial charge in [0.1, 0.15) is 0 Å². The Morgan fingerprint density at radius 1 is 1.36 bits per heavy atom. The summed E-state index contributed by atoms with van der Waals surface area (Å²) in [4.78, 5) is 28.5. The van der Waals surface area contributed by atoms with Crippen molar-refractivity contribution in [2.24, 2.45) is 0 Å². The predicted octanol–water partition coefficient (Wildman–Crippen LogP) is 0.545. The van der Waals surface area contributed by atoms with Crippen molar-refractivity contribution in [1.29, 1.82) is 0 Å². The van der Waals surface area contributed by atoms with Gasteiger partial charge in [-0.05, 0) is 36.8 Å². The van der Waals surface area contributed by atoms with Gasteiger partial charge < -0.3 is 5.32 Å². The van der Waals surface area contributed by atoms with E-state index in [4.69, 9.17) is 12.2 Å². The van der Waals surface area contributed by atoms with Crippen LogP contribution in [0.5, 0.6) is 0 Å². The van der Waals surface area contributed by atoms with Crippen LogP contribution in [0, 0.1) is 0 Å². The largest absolute Gasteiger partial charge is 0.364 e. The molecule has 2 rings (SSSR count). The number of aromatic nitrogens is 2. The third kappa shape index (κ3) is 3.40. The second-order valence-electron chi connectivity index (χ2n) is 4.63. The van der Waals surface area contributed by atoms with Crippen molar-refractivity contribution in [2.75, 3.05) is 7.05 Å². The van der Waals surface area contributed by atoms with Crippen LogP contribution in [0.1, 0.15) is 23.7 Å². The molecule has 7 nitrogen and oxygen atoms in total. The topological polar surface area (TPSA) is 88.1 Å². The number of thiocarbonyl (C=S) groups is 1. The van der Waals surface area contributed by atoms with Gasteiger partial charge in [0.2, 0.25) is 0 Å². The van der Waals surface area contributed by atoms with Gasteiger partial charge in [-0.1, -0.05) is 6.92 Å². The fraction of sp³-hybridized carbons (Fsp3) is 0.286. The molecule has 0 aliphatic rings. The molecule has 3 N–H and O–H groups in total. The van der Waals surface area contributed by atoms with Crippen LogP contribution in [0.4, 0.5) is 0 Å². The zero-order valence-electron chi connectivity index (χ0n) is 12.3. The number of hydrogen-bond acceptors (Lipinski definition) is 4. The summed E-state index contributed by atoms with van der Waals surface area (Å²) in [7, 11) is 1.64. The van der Waals surface area contributed by atoms with Gasteiger partial charge in [0.05, 0.1) is 17.2 Å². The molecule has 0 aliphatic heterocycles. The molecule has 0 unspecified atom stereocenters. The SMILES string of the molecule is CCCn1cnc2cc(C(=O)NNC(=S)NC)ccc2c1=O. The van der Waals surface area contributed by atoms with Gasteiger partial charge in [-0.3, -0.25) is 25.0 Å². The van der Waals surface area contributed by atoms with E-state index in [1.54, 1.807) is 29.8 Å². The summed E-state index contributed by atoms with van der Waals surface area (Å²) in [5, 5.41) is 3.47. The first-order chi connectivity index (χ1) is 10.6. The van der Waals surface area contributed by atoms with E-state index in [1.165, 1.54) is 6.33 Å². The summed E-state index contributed by atoms with van der Waals surface area (Å²) in [6.45, 7) is 2.61. The number of fused-ring (bicyclic) bond motifs is 1. The van der Waals surface area contributed by atoms with E-state index in [2.05, 4.69) is 21.2 Å². The molecule has 0 saturated heterocycles. The Morgan fingerprint density at radius 3 is 2.82 bits per heavy atom. The van der Waals surface area contributed by atoms with E-state index in [0.29, 0.717) is 28.1 Å². The lowest BCUT2D eigenvalue weighted by molar-refractivity contribution is 0.0944. The molecule has 8 heteroatoms. The van der Waals surface area contributed by atoms with Gasteiger partial charge in [0.15, 0.2) is 5.11 Å². The Hall–Kier alpha value is -2.48. The van der Waals surface area contributed by atoms with Crippen LogP contribution in [0.3, 0.4) is 0 Å². The molecule has 0 atom stereocenters. The average molecular weight is 319 g/mol. The Balaban J connectivity index is 2.28. The van der Waals surface area contributed by atoms with Gasteiger partial charge in [-0.2, -0.15) is 0 Å². The average Bonchev–Trinajstić information content (AvgIpc) is 2.54. The number of carbonyl (C=O) groups is 1. The zero-order valence-corrected chi connectivity index (χ0v) is 13.2. The first-order valence-electron chi connectivity index (χ1n) is 6.84. The molecule has 0 saturated carbocycles. The highest BCUT2D eigenvalue weighted by atomic mass is 32.1. The second-order valence-corrected chi connectivity index (χ2v) is 5.04. The Morgan fingerprint density at radius 2 is 2.14 bits per heavy atom. The van der Waals surface area contributed by atoms with Crippen molar-refractivity contribution >= 4 is 34.1 Å². The number of benzene rings is 1. The maximum Gasteiger partial charge on any atom is 0.269 e. The zero-order chi connectivity index (χ0) is 16.1. The summed E-state index contributed by atoms with van der Waals surface area (Å²) >= 11 is 4.86. The Kier molecular flexibility index (Phi) is 5.05. The van der Waals surface area contributed by atoms with E-state index >= 15 is 0 Å². The number of rotatable bonds is 3. The normalized spacial score (nSPS) is 10.3. The van der Waals surface area contributed by atoms with Gasteiger partial charge in [-0.25, -0.2) is 4.98 Å². The van der Waals surface area contributed by atoms with Crippen molar-refractivity contribution in [3.8, 4) is 0 Å². The maximum absolute atomic E-state index is 12.2. The number of amides is 1. The molecule has 1 heterocycles. The highest BCUT2D eigenvalue weighted by molar-refractivity contribution is 7.80. The third-order valence-corrected chi connectivity index (χ3v) is 3.37. The van der Waals surface area contributed by atoms with Crippen molar-refractivity contribution in [3.05, 3.63) is 40.4 Å². The molecular formula is C14H17N5O2S. The molecule has 22 heavy (non-hydrogen) atoms. The van der Waals surface area contributed by atoms with Gasteiger partial charge in [0.25, 0.3) is 11.5 Å². The highest BCUT2D eigenvalue weighted by Gasteiger charge is 2.09. The van der Waals surface area contributed by atoms with E-state index in [9.17, 15) is 9.59 Å². The summed E-state index contributed by atoms with van der Waals surface area (Å²) in [5.74, 6) is -0.362. The number of nitrogens with one attached hydrogen (secondary N) is 3. The number of carbonyl (C=O) groups excluding carboxylic acids is 1. The highest BCUT2D eigenvalue weighted by Crippen LogP contribution is 2.10. The lowest BCUT2D eigenvalue weighted by Crippen LogP contribution is -2.45. The van der Waals surface area contributed by atoms with Gasteiger partial charge in [-0.15, -0.1) is 0 Å². The van der Waals surface area contributed by atoms with Crippen LogP contribution >= 0.6 is 12.2 Å². The molecule has 0 radical (unpaired) electrons. The number of aryl methyl sites for hydroxylation is 1. The van der Waals surface area contributed by atoms with Crippen LogP contribution in [-0.2, 0) is 6.54 Å². The van der Waals surface area contributed by atoms with Crippen molar-refractivity contribution in [3.63, 3.8) is 0 Å². The van der Waals surface area contributed by atoms with Crippen LogP contribution in [-0.4, -0.2) is 27.6 Å². The summed E-state index contributed by atoms with van der Waals surface area (Å²) in [5.41, 5.74) is 5.78. The molecule has 2 aromatic rings. The maximum atomic E-state index is 12.2. The molecule has 0 bridgehead atoms. The molecule has 1 amide bonds. The summed E-state index contributed by atoms with van der Waals surface area (Å²) in [6, 6.07) is 4.77. The smallest absolute Gasteiger partial charge is 0.269 e. The Bertz CT molecular complexity index is 771. The predicted molar refractivity (Wildman–Crippen MR) is 88.6 cm³/mol. The molecule has 1 aromatic heterocycles. The van der Waals surface area contributed by atoms with Crippen LogP contribution < -0.4 is 21.7 Å². The fourth-order valence-corrected chi connectivity index (χ4v) is 2.00. The minimum atomic E-state index is -0.362. The second kappa shape index (κ2) is 6.99. The quantitative estimate of drug-likeness (QED) is 0.565. The summed E-state index contributed by atoms with van der Waals surface area (Å²) in [6.07, 6.45) is 2.36. The van der Waals surface area contributed by atoms with Crippen LogP contribution in [0.25, 0.3) is 10.9 Å². The van der Waals surface area contributed by atoms with E-state index in [0.717, 1.165) is 6.42 Å². The van der Waals surface area contributed by atoms with E-state index in [-0.39, 0.29) is 11.5 Å². The third-order valence-electron chi connectivity index (χ3n) is 3.07. The molecular weight excluding hydrogens is 302 g/mol. The first kappa shape index (κ1) is 15.9. The first-order valence-corrected chi connectivity index (χ1v) is 7.25. The van der Waals surface area contributed by atoms with Crippen molar-refractivity contribution in [1.82, 2.24) is 25.7 Å². The number of hydrogen-bond donors (Lipinski definition) is 3. The molecule has 1 aromatic carbocycles. The number of hydrazine groups is 1. The van der Waals surface area contributed by atoms with E-state index in [1.807, 2.05) is 6.92 Å². The molecule has 116 valence electrons. The van der Waals surface area contributed by atoms with Crippen LogP contribution in [0.2, 0.25) is 0 Å². The summed E-state index contributed by atoms with van der Waals surface area (Å²) < 4.78 is 1.56. The molecule has 0 aliphatic carbocycles. The van der Waals surface area contributed by atoms with Crippen LogP contribution in [0.15, 0.2) is 29.3 Å². The molecule has 0 spiro atoms. The van der Waals surface area contributed by atoms with Gasteiger partial charge >= 0.3 is 0 Å². The molecule has 0 fully saturated rings. The Labute approximate surface area is 132 Å². The fourth-order valence-electron chi connectivity index (χ4n) is 1.95. The monoisotopic (exact) mass is 319 g/mol.